The van der Waals surface area contributed by atoms with Crippen molar-refractivity contribution in [3.8, 4) is 17.2 Å². The number of anilines is 1. The van der Waals surface area contributed by atoms with Crippen LogP contribution in [0.2, 0.25) is 10.0 Å². The van der Waals surface area contributed by atoms with E-state index in [0.29, 0.717) is 56.8 Å². The van der Waals surface area contributed by atoms with Gasteiger partial charge in [-0.15, -0.1) is 0 Å². The fraction of sp³-hybridized carbons (Fsp3) is 0.217. The lowest BCUT2D eigenvalue weighted by Crippen LogP contribution is -2.22. The molecular weight excluding hydrogens is 474 g/mol. The summed E-state index contributed by atoms with van der Waals surface area (Å²) in [5.41, 5.74) is 1.97. The van der Waals surface area contributed by atoms with E-state index in [2.05, 4.69) is 21.7 Å². The van der Waals surface area contributed by atoms with E-state index < -0.39 is 11.7 Å². The van der Waals surface area contributed by atoms with Crippen molar-refractivity contribution >= 4 is 45.7 Å². The molecule has 4 aromatic rings. The Kier molecular flexibility index (Phi) is 6.39. The lowest BCUT2D eigenvalue weighted by atomic mass is 10.00. The topological polar surface area (TPSA) is 65.1 Å². The van der Waals surface area contributed by atoms with Crippen LogP contribution in [0.1, 0.15) is 18.1 Å². The highest BCUT2D eigenvalue weighted by Crippen LogP contribution is 2.36. The second kappa shape index (κ2) is 9.10. The van der Waals surface area contributed by atoms with E-state index in [4.69, 9.17) is 23.2 Å². The van der Waals surface area contributed by atoms with E-state index in [0.717, 1.165) is 18.7 Å². The lowest BCUT2D eigenvalue weighted by Gasteiger charge is -2.15. The molecule has 2 aromatic heterocycles. The molecule has 2 heterocycles. The molecule has 0 aliphatic rings. The van der Waals surface area contributed by atoms with Gasteiger partial charge >= 0.3 is 6.18 Å². The number of rotatable bonds is 6. The molecule has 4 rings (SSSR count). The molecule has 0 unspecified atom stereocenters. The summed E-state index contributed by atoms with van der Waals surface area (Å²) in [6, 6.07) is 11.9. The molecule has 0 fully saturated rings. The third-order valence-electron chi connectivity index (χ3n) is 5.20. The maximum Gasteiger partial charge on any atom is 0.416 e. The van der Waals surface area contributed by atoms with E-state index in [1.54, 1.807) is 22.6 Å². The summed E-state index contributed by atoms with van der Waals surface area (Å²) < 4.78 is 40.8. The number of nitrogens with one attached hydrogen (secondary N) is 2. The van der Waals surface area contributed by atoms with Crippen LogP contribution in [0.4, 0.5) is 19.0 Å². The zero-order chi connectivity index (χ0) is 23.8. The van der Waals surface area contributed by atoms with Gasteiger partial charge in [0.15, 0.2) is 5.65 Å². The Balaban J connectivity index is 1.95. The molecule has 33 heavy (non-hydrogen) atoms. The summed E-state index contributed by atoms with van der Waals surface area (Å²) in [4.78, 5) is 4.60. The lowest BCUT2D eigenvalue weighted by molar-refractivity contribution is -0.137. The monoisotopic (exact) mass is 491 g/mol. The highest BCUT2D eigenvalue weighted by Gasteiger charge is 2.30. The summed E-state index contributed by atoms with van der Waals surface area (Å²) >= 11 is 12.4. The molecule has 5 nitrogen and oxygen atoms in total. The molecule has 0 saturated carbocycles. The minimum Gasteiger partial charge on any atom is -0.370 e. The maximum atomic E-state index is 13.0. The van der Waals surface area contributed by atoms with E-state index >= 15 is 0 Å². The maximum absolute atomic E-state index is 13.0. The van der Waals surface area contributed by atoms with Crippen molar-refractivity contribution in [3.05, 3.63) is 63.6 Å². The number of alkyl halides is 3. The fourth-order valence-electron chi connectivity index (χ4n) is 3.64. The highest BCUT2D eigenvalue weighted by molar-refractivity contribution is 6.42. The number of benzene rings is 2. The zero-order valence-corrected chi connectivity index (χ0v) is 18.9. The van der Waals surface area contributed by atoms with E-state index in [1.165, 1.54) is 12.1 Å². The van der Waals surface area contributed by atoms with Crippen LogP contribution in [-0.4, -0.2) is 29.0 Å². The molecule has 0 aliphatic carbocycles. The third-order valence-corrected chi connectivity index (χ3v) is 5.93. The molecule has 0 radical (unpaired) electrons. The van der Waals surface area contributed by atoms with Gasteiger partial charge in [-0.25, -0.2) is 4.98 Å². The van der Waals surface area contributed by atoms with Gasteiger partial charge in [0.05, 0.1) is 26.6 Å². The average molecular weight is 492 g/mol. The van der Waals surface area contributed by atoms with Gasteiger partial charge in [0, 0.05) is 18.7 Å². The van der Waals surface area contributed by atoms with E-state index in [1.807, 2.05) is 6.92 Å². The number of likely N-dealkylation sites (N-methyl/N-ethyl adjacent to an activating group) is 1. The second-order valence-corrected chi connectivity index (χ2v) is 8.13. The fourth-order valence-corrected chi connectivity index (χ4v) is 3.96. The standard InChI is InChI=1S/C23H18Cl2F3N5/c1-2-30-7-8-31-21-9-15(13-3-5-14(6-4-13)23(26,27)28)16(12-29)22-32-19-10-17(24)18(25)11-20(19)33(21)22/h3-6,9-11,30-31H,2,7-8H2,1H3. The molecule has 2 N–H and O–H groups in total. The number of hydrogen-bond acceptors (Lipinski definition) is 4. The molecule has 0 spiro atoms. The summed E-state index contributed by atoms with van der Waals surface area (Å²) in [5, 5.41) is 17.2. The number of pyridine rings is 1. The van der Waals surface area contributed by atoms with Gasteiger partial charge in [0.1, 0.15) is 17.5 Å². The van der Waals surface area contributed by atoms with Crippen molar-refractivity contribution in [2.45, 2.75) is 13.1 Å². The van der Waals surface area contributed by atoms with Gasteiger partial charge in [0.25, 0.3) is 0 Å². The Morgan fingerprint density at radius 2 is 1.76 bits per heavy atom. The number of fused-ring (bicyclic) bond motifs is 3. The molecule has 10 heteroatoms. The van der Waals surface area contributed by atoms with Gasteiger partial charge < -0.3 is 10.6 Å². The van der Waals surface area contributed by atoms with Crippen LogP contribution >= 0.6 is 23.2 Å². The van der Waals surface area contributed by atoms with Crippen molar-refractivity contribution in [2.24, 2.45) is 0 Å². The summed E-state index contributed by atoms with van der Waals surface area (Å²) in [6.07, 6.45) is -4.45. The van der Waals surface area contributed by atoms with Gasteiger partial charge in [-0.05, 0) is 42.4 Å². The van der Waals surface area contributed by atoms with Crippen molar-refractivity contribution in [3.63, 3.8) is 0 Å². The summed E-state index contributed by atoms with van der Waals surface area (Å²) in [7, 11) is 0. The SMILES string of the molecule is CCNCCNc1cc(-c2ccc(C(F)(F)F)cc2)c(C#N)c2nc3cc(Cl)c(Cl)cc3n12. The number of halogens is 5. The Hall–Kier alpha value is -2.99. The molecule has 0 saturated heterocycles. The summed E-state index contributed by atoms with van der Waals surface area (Å²) in [5.74, 6) is 0.623. The predicted molar refractivity (Wildman–Crippen MR) is 125 cm³/mol. The van der Waals surface area contributed by atoms with Crippen molar-refractivity contribution < 1.29 is 13.2 Å². The Bertz CT molecular complexity index is 1370. The molecule has 2 aromatic carbocycles. The van der Waals surface area contributed by atoms with E-state index in [-0.39, 0.29) is 5.56 Å². The quantitative estimate of drug-likeness (QED) is 0.307. The van der Waals surface area contributed by atoms with Crippen molar-refractivity contribution in [1.29, 1.82) is 5.26 Å². The minimum absolute atomic E-state index is 0.232. The first-order valence-electron chi connectivity index (χ1n) is 10.1. The first-order chi connectivity index (χ1) is 15.7. The number of hydrogen-bond donors (Lipinski definition) is 2. The smallest absolute Gasteiger partial charge is 0.370 e. The second-order valence-electron chi connectivity index (χ2n) is 7.31. The highest BCUT2D eigenvalue weighted by atomic mass is 35.5. The Morgan fingerprint density at radius 1 is 1.06 bits per heavy atom. The van der Waals surface area contributed by atoms with E-state index in [9.17, 15) is 18.4 Å². The Morgan fingerprint density at radius 3 is 2.39 bits per heavy atom. The molecule has 0 aliphatic heterocycles. The predicted octanol–water partition coefficient (Wildman–Crippen LogP) is 6.37. The molecule has 170 valence electrons. The molecule has 0 amide bonds. The minimum atomic E-state index is -4.45. The first-order valence-corrected chi connectivity index (χ1v) is 10.9. The van der Waals surface area contributed by atoms with Crippen LogP contribution in [0.15, 0.2) is 42.5 Å². The molecule has 0 atom stereocenters. The summed E-state index contributed by atoms with van der Waals surface area (Å²) in [6.45, 7) is 4.07. The van der Waals surface area contributed by atoms with Crippen LogP contribution in [-0.2, 0) is 6.18 Å². The van der Waals surface area contributed by atoms with Gasteiger partial charge in [-0.3, -0.25) is 4.40 Å². The van der Waals surface area contributed by atoms with Crippen LogP contribution < -0.4 is 10.6 Å². The average Bonchev–Trinajstić information content (AvgIpc) is 3.14. The van der Waals surface area contributed by atoms with Gasteiger partial charge in [-0.2, -0.15) is 18.4 Å². The van der Waals surface area contributed by atoms with Crippen LogP contribution in [0.5, 0.6) is 0 Å². The third kappa shape index (κ3) is 4.44. The van der Waals surface area contributed by atoms with Gasteiger partial charge in [-0.1, -0.05) is 42.3 Å². The Labute approximate surface area is 197 Å². The van der Waals surface area contributed by atoms with Crippen LogP contribution in [0.3, 0.4) is 0 Å². The number of nitriles is 1. The molecule has 0 bridgehead atoms. The number of aromatic nitrogens is 2. The number of imidazole rings is 1. The first kappa shape index (κ1) is 23.2. The van der Waals surface area contributed by atoms with Crippen molar-refractivity contribution in [1.82, 2.24) is 14.7 Å². The zero-order valence-electron chi connectivity index (χ0n) is 17.4. The van der Waals surface area contributed by atoms with Crippen molar-refractivity contribution in [2.75, 3.05) is 25.0 Å². The van der Waals surface area contributed by atoms with Crippen LogP contribution in [0.25, 0.3) is 27.8 Å². The number of nitrogens with zero attached hydrogens (tertiary/aromatic N) is 3. The van der Waals surface area contributed by atoms with Gasteiger partial charge in [0.2, 0.25) is 0 Å². The normalized spacial score (nSPS) is 11.8. The largest absolute Gasteiger partial charge is 0.416 e. The van der Waals surface area contributed by atoms with Crippen LogP contribution in [0, 0.1) is 11.3 Å². The molecular formula is C23H18Cl2F3N5.